The van der Waals surface area contributed by atoms with E-state index in [1.165, 1.54) is 0 Å². The molecule has 158 valence electrons. The van der Waals surface area contributed by atoms with Crippen LogP contribution in [0.15, 0.2) is 30.5 Å². The molecule has 2 rings (SSSR count). The van der Waals surface area contributed by atoms with Crippen molar-refractivity contribution in [3.63, 3.8) is 0 Å². The van der Waals surface area contributed by atoms with E-state index in [2.05, 4.69) is 15.6 Å². The van der Waals surface area contributed by atoms with Crippen LogP contribution in [-0.2, 0) is 20.8 Å². The molecule has 1 heterocycles. The Morgan fingerprint density at radius 2 is 1.76 bits per heavy atom. The highest BCUT2D eigenvalue weighted by atomic mass is 16.4. The van der Waals surface area contributed by atoms with Gasteiger partial charge in [0.15, 0.2) is 0 Å². The molecule has 2 aromatic rings. The lowest BCUT2D eigenvalue weighted by molar-refractivity contribution is -0.142. The summed E-state index contributed by atoms with van der Waals surface area (Å²) in [5, 5.41) is 24.5. The minimum atomic E-state index is -1.18. The Balaban J connectivity index is 2.14. The number of carboxylic acid groups (broad SMARTS) is 1. The summed E-state index contributed by atoms with van der Waals surface area (Å²) in [5.74, 6) is -2.39. The SMILES string of the molecule is CC(C)C[C@H](NC(=O)[C@@H](N)CO)C(=O)N[C@@H](Cc1c[nH]c2ccccc12)C(=O)O. The van der Waals surface area contributed by atoms with Crippen molar-refractivity contribution in [2.24, 2.45) is 11.7 Å². The van der Waals surface area contributed by atoms with Crippen molar-refractivity contribution >= 4 is 28.7 Å². The van der Waals surface area contributed by atoms with Crippen molar-refractivity contribution in [3.05, 3.63) is 36.0 Å². The molecule has 0 aliphatic heterocycles. The van der Waals surface area contributed by atoms with Gasteiger partial charge >= 0.3 is 5.97 Å². The third-order valence-electron chi connectivity index (χ3n) is 4.59. The van der Waals surface area contributed by atoms with Crippen molar-refractivity contribution in [2.75, 3.05) is 6.61 Å². The fourth-order valence-electron chi connectivity index (χ4n) is 3.06. The average molecular weight is 404 g/mol. The number of H-pyrrole nitrogens is 1. The number of amides is 2. The quantitative estimate of drug-likeness (QED) is 0.330. The van der Waals surface area contributed by atoms with Gasteiger partial charge in [-0.1, -0.05) is 32.0 Å². The number of hydrogen-bond donors (Lipinski definition) is 6. The standard InChI is InChI=1S/C20H28N4O5/c1-11(2)7-16(23-18(26)14(21)10-25)19(27)24-17(20(28)29)8-12-9-22-15-6-4-3-5-13(12)15/h3-6,9,11,14,16-17,22,25H,7-8,10,21H2,1-2H3,(H,23,26)(H,24,27)(H,28,29)/t14-,16-,17-/m0/s1. The van der Waals surface area contributed by atoms with E-state index in [1.807, 2.05) is 38.1 Å². The van der Waals surface area contributed by atoms with Gasteiger partial charge in [0.25, 0.3) is 0 Å². The molecule has 0 bridgehead atoms. The molecule has 7 N–H and O–H groups in total. The molecule has 0 saturated carbocycles. The topological polar surface area (TPSA) is 158 Å². The van der Waals surface area contributed by atoms with E-state index in [-0.39, 0.29) is 12.3 Å². The Labute approximate surface area is 168 Å². The molecule has 2 amide bonds. The molecule has 3 atom stereocenters. The van der Waals surface area contributed by atoms with Gasteiger partial charge in [-0.05, 0) is 24.0 Å². The molecule has 0 saturated heterocycles. The largest absolute Gasteiger partial charge is 0.480 e. The third kappa shape index (κ3) is 6.03. The van der Waals surface area contributed by atoms with Crippen LogP contribution in [0.3, 0.4) is 0 Å². The van der Waals surface area contributed by atoms with Crippen LogP contribution < -0.4 is 16.4 Å². The average Bonchev–Trinajstić information content (AvgIpc) is 3.08. The van der Waals surface area contributed by atoms with Gasteiger partial charge in [0.05, 0.1) is 6.61 Å². The summed E-state index contributed by atoms with van der Waals surface area (Å²) in [4.78, 5) is 39.6. The summed E-state index contributed by atoms with van der Waals surface area (Å²) >= 11 is 0. The predicted molar refractivity (Wildman–Crippen MR) is 108 cm³/mol. The molecule has 0 spiro atoms. The number of carbonyl (C=O) groups is 3. The molecule has 0 radical (unpaired) electrons. The number of rotatable bonds is 10. The fraction of sp³-hybridized carbons (Fsp3) is 0.450. The molecule has 0 fully saturated rings. The lowest BCUT2D eigenvalue weighted by Gasteiger charge is -2.23. The maximum atomic E-state index is 12.7. The number of benzene rings is 1. The number of para-hydroxylation sites is 1. The van der Waals surface area contributed by atoms with Crippen LogP contribution in [0.2, 0.25) is 0 Å². The molecule has 9 heteroatoms. The first-order chi connectivity index (χ1) is 13.7. The lowest BCUT2D eigenvalue weighted by Crippen LogP contribution is -2.55. The maximum absolute atomic E-state index is 12.7. The van der Waals surface area contributed by atoms with E-state index in [1.54, 1.807) is 6.20 Å². The van der Waals surface area contributed by atoms with Gasteiger partial charge in [0.1, 0.15) is 18.1 Å². The molecule has 9 nitrogen and oxygen atoms in total. The Morgan fingerprint density at radius 3 is 2.38 bits per heavy atom. The van der Waals surface area contributed by atoms with Gasteiger partial charge in [-0.15, -0.1) is 0 Å². The number of aromatic nitrogens is 1. The first-order valence-corrected chi connectivity index (χ1v) is 9.47. The Morgan fingerprint density at radius 1 is 1.10 bits per heavy atom. The summed E-state index contributed by atoms with van der Waals surface area (Å²) in [6.07, 6.45) is 2.11. The monoisotopic (exact) mass is 404 g/mol. The number of aliphatic hydroxyl groups is 1. The number of carbonyl (C=O) groups excluding carboxylic acids is 2. The Kier molecular flexibility index (Phi) is 7.74. The fourth-order valence-corrected chi connectivity index (χ4v) is 3.06. The number of nitrogens with two attached hydrogens (primary N) is 1. The number of nitrogens with one attached hydrogen (secondary N) is 3. The van der Waals surface area contributed by atoms with Gasteiger partial charge in [-0.3, -0.25) is 9.59 Å². The molecule has 0 unspecified atom stereocenters. The van der Waals surface area contributed by atoms with Crippen LogP contribution in [0.4, 0.5) is 0 Å². The third-order valence-corrected chi connectivity index (χ3v) is 4.59. The number of aliphatic carboxylic acids is 1. The summed E-state index contributed by atoms with van der Waals surface area (Å²) in [6.45, 7) is 3.19. The second kappa shape index (κ2) is 10.0. The number of aliphatic hydroxyl groups excluding tert-OH is 1. The number of carboxylic acids is 1. The second-order valence-electron chi connectivity index (χ2n) is 7.44. The smallest absolute Gasteiger partial charge is 0.326 e. The van der Waals surface area contributed by atoms with E-state index < -0.39 is 42.5 Å². The number of fused-ring (bicyclic) bond motifs is 1. The van der Waals surface area contributed by atoms with Gasteiger partial charge in [-0.2, -0.15) is 0 Å². The van der Waals surface area contributed by atoms with Crippen LogP contribution in [0.5, 0.6) is 0 Å². The Bertz CT molecular complexity index is 863. The van der Waals surface area contributed by atoms with Crippen molar-refractivity contribution in [1.29, 1.82) is 0 Å². The van der Waals surface area contributed by atoms with E-state index in [4.69, 9.17) is 10.8 Å². The minimum absolute atomic E-state index is 0.0632. The van der Waals surface area contributed by atoms with Crippen LogP contribution >= 0.6 is 0 Å². The van der Waals surface area contributed by atoms with Crippen molar-refractivity contribution in [2.45, 2.75) is 44.8 Å². The van der Waals surface area contributed by atoms with Crippen molar-refractivity contribution in [1.82, 2.24) is 15.6 Å². The van der Waals surface area contributed by atoms with Crippen LogP contribution in [-0.4, -0.2) is 57.7 Å². The minimum Gasteiger partial charge on any atom is -0.480 e. The summed E-state index contributed by atoms with van der Waals surface area (Å²) in [7, 11) is 0. The van der Waals surface area contributed by atoms with Gasteiger partial charge < -0.3 is 31.6 Å². The molecular formula is C20H28N4O5. The predicted octanol–water partition coefficient (Wildman–Crippen LogP) is 0.130. The van der Waals surface area contributed by atoms with Gasteiger partial charge in [-0.25, -0.2) is 4.79 Å². The zero-order valence-corrected chi connectivity index (χ0v) is 16.5. The van der Waals surface area contributed by atoms with E-state index in [0.29, 0.717) is 6.42 Å². The van der Waals surface area contributed by atoms with Crippen LogP contribution in [0.1, 0.15) is 25.8 Å². The summed E-state index contributed by atoms with van der Waals surface area (Å²) in [5.41, 5.74) is 7.14. The van der Waals surface area contributed by atoms with Crippen molar-refractivity contribution < 1.29 is 24.6 Å². The summed E-state index contributed by atoms with van der Waals surface area (Å²) in [6, 6.07) is 4.21. The Hall–Kier alpha value is -2.91. The zero-order chi connectivity index (χ0) is 21.6. The molecule has 0 aliphatic rings. The first-order valence-electron chi connectivity index (χ1n) is 9.47. The molecule has 1 aromatic heterocycles. The molecular weight excluding hydrogens is 376 g/mol. The first kappa shape index (κ1) is 22.4. The highest BCUT2D eigenvalue weighted by molar-refractivity contribution is 5.92. The van der Waals surface area contributed by atoms with Crippen LogP contribution in [0.25, 0.3) is 10.9 Å². The maximum Gasteiger partial charge on any atom is 0.326 e. The second-order valence-corrected chi connectivity index (χ2v) is 7.44. The van der Waals surface area contributed by atoms with Gasteiger partial charge in [0.2, 0.25) is 11.8 Å². The van der Waals surface area contributed by atoms with Crippen LogP contribution in [0, 0.1) is 5.92 Å². The van der Waals surface area contributed by atoms with Crippen molar-refractivity contribution in [3.8, 4) is 0 Å². The molecule has 29 heavy (non-hydrogen) atoms. The van der Waals surface area contributed by atoms with Gasteiger partial charge in [0, 0.05) is 23.5 Å². The number of hydrogen-bond acceptors (Lipinski definition) is 5. The molecule has 0 aliphatic carbocycles. The zero-order valence-electron chi connectivity index (χ0n) is 16.5. The summed E-state index contributed by atoms with van der Waals surface area (Å²) < 4.78 is 0. The van der Waals surface area contributed by atoms with E-state index >= 15 is 0 Å². The number of aromatic amines is 1. The molecule has 1 aromatic carbocycles. The van der Waals surface area contributed by atoms with E-state index in [0.717, 1.165) is 16.5 Å². The lowest BCUT2D eigenvalue weighted by atomic mass is 10.0. The highest BCUT2D eigenvalue weighted by Crippen LogP contribution is 2.19. The normalized spacial score (nSPS) is 14.4. The highest BCUT2D eigenvalue weighted by Gasteiger charge is 2.29. The van der Waals surface area contributed by atoms with E-state index in [9.17, 15) is 19.5 Å².